The highest BCUT2D eigenvalue weighted by atomic mass is 32.1. The summed E-state index contributed by atoms with van der Waals surface area (Å²) in [6, 6.07) is 6.00. The van der Waals surface area contributed by atoms with Crippen LogP contribution in [0.4, 0.5) is 11.4 Å². The number of methoxy groups -OCH3 is 1. The average Bonchev–Trinajstić information content (AvgIpc) is 3.38. The van der Waals surface area contributed by atoms with Crippen molar-refractivity contribution < 1.29 is 19.2 Å². The van der Waals surface area contributed by atoms with Crippen LogP contribution < -0.4 is 5.32 Å². The fourth-order valence-electron chi connectivity index (χ4n) is 2.37. The quantitative estimate of drug-likeness (QED) is 0.240. The Balaban J connectivity index is 1.71. The molecule has 8 nitrogen and oxygen atoms in total. The molecule has 0 spiro atoms. The van der Waals surface area contributed by atoms with E-state index >= 15 is 0 Å². The first kappa shape index (κ1) is 19.9. The molecule has 0 saturated carbocycles. The van der Waals surface area contributed by atoms with Gasteiger partial charge in [0.25, 0.3) is 5.69 Å². The zero-order chi connectivity index (χ0) is 19.9. The van der Waals surface area contributed by atoms with Crippen LogP contribution in [0, 0.1) is 10.1 Å². The van der Waals surface area contributed by atoms with Gasteiger partial charge in [-0.05, 0) is 17.5 Å². The lowest BCUT2D eigenvalue weighted by Gasteiger charge is -2.11. The number of non-ortho nitro benzene ring substituents is 1. The number of ether oxygens (including phenoxy) is 2. The number of anilines is 1. The molecule has 0 amide bonds. The molecule has 146 valence electrons. The fraction of sp³-hybridized carbons (Fsp3) is 0.222. The summed E-state index contributed by atoms with van der Waals surface area (Å²) in [6.45, 7) is 0.861. The molecule has 0 saturated heterocycles. The molecule has 0 aliphatic carbocycles. The lowest BCUT2D eigenvalue weighted by Crippen LogP contribution is -2.13. The number of esters is 1. The topological polar surface area (TPSA) is 104 Å². The molecule has 0 aliphatic rings. The number of benzene rings is 1. The van der Waals surface area contributed by atoms with E-state index in [9.17, 15) is 14.9 Å². The third-order valence-electron chi connectivity index (χ3n) is 3.73. The predicted molar refractivity (Wildman–Crippen MR) is 108 cm³/mol. The second kappa shape index (κ2) is 9.40. The summed E-state index contributed by atoms with van der Waals surface area (Å²) in [6.07, 6.45) is 0. The lowest BCUT2D eigenvalue weighted by atomic mass is 10.1. The van der Waals surface area contributed by atoms with E-state index in [4.69, 9.17) is 9.47 Å². The van der Waals surface area contributed by atoms with Crippen molar-refractivity contribution in [2.75, 3.05) is 25.6 Å². The van der Waals surface area contributed by atoms with Gasteiger partial charge >= 0.3 is 5.97 Å². The molecular formula is C18H17N3O5S2. The first-order valence-electron chi connectivity index (χ1n) is 8.24. The van der Waals surface area contributed by atoms with Crippen LogP contribution in [0.25, 0.3) is 10.6 Å². The van der Waals surface area contributed by atoms with Gasteiger partial charge in [0.15, 0.2) is 0 Å². The highest BCUT2D eigenvalue weighted by Gasteiger charge is 2.18. The number of rotatable bonds is 9. The molecule has 3 rings (SSSR count). The van der Waals surface area contributed by atoms with Crippen molar-refractivity contribution in [3.63, 3.8) is 0 Å². The summed E-state index contributed by atoms with van der Waals surface area (Å²) < 4.78 is 10.3. The number of nitrogens with one attached hydrogen (secondary N) is 1. The van der Waals surface area contributed by atoms with Gasteiger partial charge in [-0.15, -0.1) is 11.3 Å². The number of thiazole rings is 1. The van der Waals surface area contributed by atoms with Crippen molar-refractivity contribution in [1.82, 2.24) is 4.98 Å². The molecule has 0 atom stereocenters. The van der Waals surface area contributed by atoms with Crippen molar-refractivity contribution >= 4 is 40.0 Å². The SMILES string of the molecule is COCCNc1ccc([N+](=O)[O-])cc1C(=O)OCc1csc(-c2ccsc2)n1. The number of nitro groups is 1. The Hall–Kier alpha value is -2.82. The number of carbonyl (C=O) groups is 1. The Morgan fingerprint density at radius 1 is 1.32 bits per heavy atom. The minimum absolute atomic E-state index is 0.0142. The van der Waals surface area contributed by atoms with Gasteiger partial charge in [-0.2, -0.15) is 11.3 Å². The summed E-state index contributed by atoms with van der Waals surface area (Å²) in [5.74, 6) is -0.659. The van der Waals surface area contributed by atoms with E-state index in [0.717, 1.165) is 10.6 Å². The summed E-state index contributed by atoms with van der Waals surface area (Å²) >= 11 is 3.05. The number of carbonyl (C=O) groups excluding carboxylic acids is 1. The smallest absolute Gasteiger partial charge is 0.340 e. The van der Waals surface area contributed by atoms with E-state index in [2.05, 4.69) is 10.3 Å². The third kappa shape index (κ3) is 4.91. The zero-order valence-corrected chi connectivity index (χ0v) is 16.5. The standard InChI is InChI=1S/C18H17N3O5S2/c1-25-6-5-19-16-3-2-14(21(23)24)8-15(16)18(22)26-9-13-11-28-17(20-13)12-4-7-27-10-12/h2-4,7-8,10-11,19H,5-6,9H2,1H3. The van der Waals surface area contributed by atoms with E-state index in [1.54, 1.807) is 18.4 Å². The zero-order valence-electron chi connectivity index (χ0n) is 14.9. The third-order valence-corrected chi connectivity index (χ3v) is 5.35. The maximum Gasteiger partial charge on any atom is 0.340 e. The number of hydrogen-bond acceptors (Lipinski definition) is 9. The Bertz CT molecular complexity index is 956. The van der Waals surface area contributed by atoms with Crippen LogP contribution in [0.2, 0.25) is 0 Å². The monoisotopic (exact) mass is 419 g/mol. The molecule has 10 heteroatoms. The Kier molecular flexibility index (Phi) is 6.69. The number of nitrogens with zero attached hydrogens (tertiary/aromatic N) is 2. The maximum absolute atomic E-state index is 12.5. The minimum Gasteiger partial charge on any atom is -0.455 e. The molecule has 3 aromatic rings. The van der Waals surface area contributed by atoms with Crippen LogP contribution >= 0.6 is 22.7 Å². The van der Waals surface area contributed by atoms with E-state index in [0.29, 0.717) is 24.5 Å². The number of hydrogen-bond donors (Lipinski definition) is 1. The van der Waals surface area contributed by atoms with E-state index in [1.165, 1.54) is 29.5 Å². The largest absolute Gasteiger partial charge is 0.455 e. The van der Waals surface area contributed by atoms with Gasteiger partial charge in [-0.25, -0.2) is 9.78 Å². The highest BCUT2D eigenvalue weighted by Crippen LogP contribution is 2.27. The second-order valence-electron chi connectivity index (χ2n) is 5.64. The van der Waals surface area contributed by atoms with Crippen LogP contribution in [-0.2, 0) is 16.1 Å². The number of nitro benzene ring substituents is 1. The molecule has 0 radical (unpaired) electrons. The molecule has 0 bridgehead atoms. The molecule has 0 aliphatic heterocycles. The lowest BCUT2D eigenvalue weighted by molar-refractivity contribution is -0.384. The first-order valence-corrected chi connectivity index (χ1v) is 10.1. The maximum atomic E-state index is 12.5. The van der Waals surface area contributed by atoms with Crippen LogP contribution in [0.5, 0.6) is 0 Å². The van der Waals surface area contributed by atoms with Gasteiger partial charge in [-0.1, -0.05) is 0 Å². The van der Waals surface area contributed by atoms with E-state index < -0.39 is 10.9 Å². The number of aromatic nitrogens is 1. The van der Waals surface area contributed by atoms with Crippen LogP contribution in [0.3, 0.4) is 0 Å². The van der Waals surface area contributed by atoms with Crippen molar-refractivity contribution in [3.8, 4) is 10.6 Å². The fourth-order valence-corrected chi connectivity index (χ4v) is 3.88. The van der Waals surface area contributed by atoms with Crippen LogP contribution in [0.1, 0.15) is 16.1 Å². The molecule has 2 heterocycles. The van der Waals surface area contributed by atoms with Crippen molar-refractivity contribution in [1.29, 1.82) is 0 Å². The molecule has 28 heavy (non-hydrogen) atoms. The van der Waals surface area contributed by atoms with Crippen molar-refractivity contribution in [3.05, 3.63) is 61.8 Å². The Labute approximate surface area is 168 Å². The van der Waals surface area contributed by atoms with Gasteiger partial charge in [0, 0.05) is 47.8 Å². The summed E-state index contributed by atoms with van der Waals surface area (Å²) in [4.78, 5) is 27.5. The normalized spacial score (nSPS) is 10.6. The van der Waals surface area contributed by atoms with E-state index in [-0.39, 0.29) is 17.9 Å². The minimum atomic E-state index is -0.659. The van der Waals surface area contributed by atoms with Crippen molar-refractivity contribution in [2.45, 2.75) is 6.61 Å². The van der Waals surface area contributed by atoms with Gasteiger partial charge < -0.3 is 14.8 Å². The molecule has 1 N–H and O–H groups in total. The predicted octanol–water partition coefficient (Wildman–Crippen LogP) is 4.20. The first-order chi connectivity index (χ1) is 13.6. The molecule has 2 aromatic heterocycles. The second-order valence-corrected chi connectivity index (χ2v) is 7.28. The molecule has 1 aromatic carbocycles. The van der Waals surface area contributed by atoms with Gasteiger partial charge in [0.1, 0.15) is 11.6 Å². The highest BCUT2D eigenvalue weighted by molar-refractivity contribution is 7.14. The Morgan fingerprint density at radius 2 is 2.18 bits per heavy atom. The van der Waals surface area contributed by atoms with Crippen LogP contribution in [0.15, 0.2) is 40.4 Å². The van der Waals surface area contributed by atoms with Gasteiger partial charge in [-0.3, -0.25) is 10.1 Å². The van der Waals surface area contributed by atoms with Crippen molar-refractivity contribution in [2.24, 2.45) is 0 Å². The number of thiophene rings is 1. The van der Waals surface area contributed by atoms with Crippen LogP contribution in [-0.4, -0.2) is 36.1 Å². The average molecular weight is 419 g/mol. The molecule has 0 fully saturated rings. The Morgan fingerprint density at radius 3 is 2.89 bits per heavy atom. The van der Waals surface area contributed by atoms with Gasteiger partial charge in [0.05, 0.1) is 22.8 Å². The summed E-state index contributed by atoms with van der Waals surface area (Å²) in [7, 11) is 1.56. The van der Waals surface area contributed by atoms with Gasteiger partial charge in [0.2, 0.25) is 0 Å². The van der Waals surface area contributed by atoms with E-state index in [1.807, 2.05) is 22.2 Å². The summed E-state index contributed by atoms with van der Waals surface area (Å²) in [5, 5.41) is 20.7. The summed E-state index contributed by atoms with van der Waals surface area (Å²) in [5.41, 5.74) is 2.01. The molecule has 0 unspecified atom stereocenters. The molecular weight excluding hydrogens is 402 g/mol.